The highest BCUT2D eigenvalue weighted by Gasteiger charge is 2.09. The third kappa shape index (κ3) is 2.06. The first-order valence-electron chi connectivity index (χ1n) is 5.51. The van der Waals surface area contributed by atoms with Gasteiger partial charge in [0, 0.05) is 24.6 Å². The van der Waals surface area contributed by atoms with E-state index < -0.39 is 0 Å². The predicted molar refractivity (Wildman–Crippen MR) is 65.8 cm³/mol. The molecule has 0 unspecified atom stereocenters. The number of fused-ring (bicyclic) bond motifs is 1. The number of aromatic nitrogens is 2. The Bertz CT molecular complexity index is 493. The molecule has 4 heteroatoms. The molecule has 0 aliphatic heterocycles. The van der Waals surface area contributed by atoms with Crippen LogP contribution in [0.25, 0.3) is 11.0 Å². The van der Waals surface area contributed by atoms with Crippen molar-refractivity contribution in [3.63, 3.8) is 0 Å². The molecule has 0 amide bonds. The number of halogens is 1. The van der Waals surface area contributed by atoms with Crippen LogP contribution in [-0.2, 0) is 13.0 Å². The van der Waals surface area contributed by atoms with Gasteiger partial charge in [0.1, 0.15) is 5.82 Å². The Kier molecular flexibility index (Phi) is 3.46. The van der Waals surface area contributed by atoms with Crippen molar-refractivity contribution in [3.8, 4) is 0 Å². The van der Waals surface area contributed by atoms with Crippen LogP contribution in [0.5, 0.6) is 0 Å². The van der Waals surface area contributed by atoms with Crippen molar-refractivity contribution in [3.05, 3.63) is 29.0 Å². The van der Waals surface area contributed by atoms with Gasteiger partial charge < -0.3 is 9.67 Å². The van der Waals surface area contributed by atoms with Crippen molar-refractivity contribution in [2.75, 3.05) is 6.61 Å². The number of hydrogen-bond acceptors (Lipinski definition) is 2. The van der Waals surface area contributed by atoms with Crippen molar-refractivity contribution in [1.29, 1.82) is 0 Å². The zero-order valence-corrected chi connectivity index (χ0v) is 10.0. The van der Waals surface area contributed by atoms with E-state index in [1.54, 1.807) is 0 Å². The van der Waals surface area contributed by atoms with Gasteiger partial charge in [-0.3, -0.25) is 0 Å². The van der Waals surface area contributed by atoms with Crippen LogP contribution in [-0.4, -0.2) is 21.3 Å². The molecule has 2 rings (SSSR count). The minimum Gasteiger partial charge on any atom is -0.396 e. The predicted octanol–water partition coefficient (Wildman–Crippen LogP) is 2.63. The van der Waals surface area contributed by atoms with E-state index in [1.807, 2.05) is 18.2 Å². The molecule has 1 heterocycles. The molecule has 0 radical (unpaired) electrons. The van der Waals surface area contributed by atoms with E-state index in [0.717, 1.165) is 41.3 Å². The normalized spacial score (nSPS) is 11.2. The van der Waals surface area contributed by atoms with Gasteiger partial charge in [0.2, 0.25) is 0 Å². The van der Waals surface area contributed by atoms with E-state index in [-0.39, 0.29) is 6.61 Å². The number of imidazole rings is 1. The first kappa shape index (κ1) is 11.4. The molecular weight excluding hydrogens is 224 g/mol. The minimum absolute atomic E-state index is 0.202. The van der Waals surface area contributed by atoms with Gasteiger partial charge >= 0.3 is 0 Å². The summed E-state index contributed by atoms with van der Waals surface area (Å²) in [6.07, 6.45) is 1.55. The summed E-state index contributed by atoms with van der Waals surface area (Å²) in [4.78, 5) is 4.56. The maximum absolute atomic E-state index is 8.85. The SMILES string of the molecule is CCn1c(CCCO)nc2ccc(Cl)cc21. The third-order valence-electron chi connectivity index (χ3n) is 2.66. The number of benzene rings is 1. The fourth-order valence-corrected chi connectivity index (χ4v) is 2.09. The van der Waals surface area contributed by atoms with Gasteiger partial charge in [-0.1, -0.05) is 11.6 Å². The molecule has 0 bridgehead atoms. The maximum Gasteiger partial charge on any atom is 0.109 e. The molecule has 16 heavy (non-hydrogen) atoms. The van der Waals surface area contributed by atoms with Crippen LogP contribution in [0.1, 0.15) is 19.2 Å². The standard InChI is InChI=1S/C12H15ClN2O/c1-2-15-11-8-9(13)5-6-10(11)14-12(15)4-3-7-16/h5-6,8,16H,2-4,7H2,1H3. The van der Waals surface area contributed by atoms with Crippen molar-refractivity contribution < 1.29 is 5.11 Å². The fraction of sp³-hybridized carbons (Fsp3) is 0.417. The number of aliphatic hydroxyl groups is 1. The molecule has 3 nitrogen and oxygen atoms in total. The number of nitrogens with zero attached hydrogens (tertiary/aromatic N) is 2. The Morgan fingerprint density at radius 3 is 2.94 bits per heavy atom. The van der Waals surface area contributed by atoms with Crippen LogP contribution in [0.3, 0.4) is 0 Å². The zero-order chi connectivity index (χ0) is 11.5. The lowest BCUT2D eigenvalue weighted by Crippen LogP contribution is -2.02. The lowest BCUT2D eigenvalue weighted by Gasteiger charge is -2.04. The van der Waals surface area contributed by atoms with E-state index in [1.165, 1.54) is 0 Å². The van der Waals surface area contributed by atoms with Crippen LogP contribution in [0.4, 0.5) is 0 Å². The zero-order valence-electron chi connectivity index (χ0n) is 9.28. The summed E-state index contributed by atoms with van der Waals surface area (Å²) in [7, 11) is 0. The Balaban J connectivity index is 2.49. The van der Waals surface area contributed by atoms with Crippen LogP contribution >= 0.6 is 11.6 Å². The van der Waals surface area contributed by atoms with Gasteiger partial charge in [0.25, 0.3) is 0 Å². The molecule has 1 N–H and O–H groups in total. The highest BCUT2D eigenvalue weighted by molar-refractivity contribution is 6.31. The van der Waals surface area contributed by atoms with Gasteiger partial charge in [0.05, 0.1) is 11.0 Å². The molecule has 0 fully saturated rings. The highest BCUT2D eigenvalue weighted by Crippen LogP contribution is 2.21. The Morgan fingerprint density at radius 2 is 2.25 bits per heavy atom. The molecular formula is C12H15ClN2O. The maximum atomic E-state index is 8.85. The Hall–Kier alpha value is -1.06. The van der Waals surface area contributed by atoms with E-state index in [9.17, 15) is 0 Å². The van der Waals surface area contributed by atoms with Gasteiger partial charge in [0.15, 0.2) is 0 Å². The Labute approximate surface area is 99.7 Å². The van der Waals surface area contributed by atoms with Crippen molar-refractivity contribution >= 4 is 22.6 Å². The summed E-state index contributed by atoms with van der Waals surface area (Å²) < 4.78 is 2.15. The molecule has 1 aromatic carbocycles. The van der Waals surface area contributed by atoms with Crippen LogP contribution in [0, 0.1) is 0 Å². The van der Waals surface area contributed by atoms with E-state index in [4.69, 9.17) is 16.7 Å². The van der Waals surface area contributed by atoms with Gasteiger partial charge in [-0.25, -0.2) is 4.98 Å². The summed E-state index contributed by atoms with van der Waals surface area (Å²) in [5.41, 5.74) is 2.04. The van der Waals surface area contributed by atoms with E-state index in [2.05, 4.69) is 16.5 Å². The quantitative estimate of drug-likeness (QED) is 0.889. The topological polar surface area (TPSA) is 38.0 Å². The fourth-order valence-electron chi connectivity index (χ4n) is 1.93. The van der Waals surface area contributed by atoms with Crippen molar-refractivity contribution in [1.82, 2.24) is 9.55 Å². The van der Waals surface area contributed by atoms with E-state index in [0.29, 0.717) is 0 Å². The monoisotopic (exact) mass is 238 g/mol. The molecule has 2 aromatic rings. The number of hydrogen-bond donors (Lipinski definition) is 1. The summed E-state index contributed by atoms with van der Waals surface area (Å²) in [5, 5.41) is 9.58. The molecule has 0 saturated heterocycles. The molecule has 0 spiro atoms. The van der Waals surface area contributed by atoms with Crippen molar-refractivity contribution in [2.24, 2.45) is 0 Å². The van der Waals surface area contributed by atoms with Crippen LogP contribution in [0.15, 0.2) is 18.2 Å². The van der Waals surface area contributed by atoms with Gasteiger partial charge in [-0.2, -0.15) is 0 Å². The number of aliphatic hydroxyl groups excluding tert-OH is 1. The molecule has 0 aliphatic rings. The first-order chi connectivity index (χ1) is 7.76. The summed E-state index contributed by atoms with van der Waals surface area (Å²) in [5.74, 6) is 1.02. The second-order valence-corrected chi connectivity index (χ2v) is 4.17. The molecule has 86 valence electrons. The number of aryl methyl sites for hydroxylation is 2. The van der Waals surface area contributed by atoms with Gasteiger partial charge in [-0.05, 0) is 31.5 Å². The highest BCUT2D eigenvalue weighted by atomic mass is 35.5. The summed E-state index contributed by atoms with van der Waals surface area (Å²) in [6.45, 7) is 3.16. The smallest absolute Gasteiger partial charge is 0.109 e. The average molecular weight is 239 g/mol. The lowest BCUT2D eigenvalue weighted by molar-refractivity contribution is 0.287. The second-order valence-electron chi connectivity index (χ2n) is 3.73. The first-order valence-corrected chi connectivity index (χ1v) is 5.89. The molecule has 1 aromatic heterocycles. The lowest BCUT2D eigenvalue weighted by atomic mass is 10.3. The second kappa shape index (κ2) is 4.85. The Morgan fingerprint density at radius 1 is 1.44 bits per heavy atom. The average Bonchev–Trinajstić information content (AvgIpc) is 2.63. The number of rotatable bonds is 4. The van der Waals surface area contributed by atoms with E-state index >= 15 is 0 Å². The molecule has 0 saturated carbocycles. The van der Waals surface area contributed by atoms with Crippen LogP contribution < -0.4 is 0 Å². The third-order valence-corrected chi connectivity index (χ3v) is 2.90. The van der Waals surface area contributed by atoms with Crippen LogP contribution in [0.2, 0.25) is 5.02 Å². The molecule has 0 atom stereocenters. The van der Waals surface area contributed by atoms with Crippen molar-refractivity contribution in [2.45, 2.75) is 26.3 Å². The molecule has 0 aliphatic carbocycles. The van der Waals surface area contributed by atoms with Gasteiger partial charge in [-0.15, -0.1) is 0 Å². The summed E-state index contributed by atoms with van der Waals surface area (Å²) >= 11 is 5.98. The summed E-state index contributed by atoms with van der Waals surface area (Å²) in [6, 6.07) is 5.73. The minimum atomic E-state index is 0.202. The largest absolute Gasteiger partial charge is 0.396 e.